The first-order chi connectivity index (χ1) is 9.15. The second kappa shape index (κ2) is 5.67. The van der Waals surface area contributed by atoms with Gasteiger partial charge in [0.25, 0.3) is 0 Å². The van der Waals surface area contributed by atoms with Gasteiger partial charge in [-0.3, -0.25) is 0 Å². The average molecular weight is 263 g/mol. The first-order valence-electron chi connectivity index (χ1n) is 6.01. The zero-order valence-electron chi connectivity index (χ0n) is 10.6. The molecule has 0 spiro atoms. The number of carbonyl (C=O) groups is 1. The van der Waals surface area contributed by atoms with Gasteiger partial charge in [0.2, 0.25) is 0 Å². The van der Waals surface area contributed by atoms with Crippen molar-refractivity contribution in [3.63, 3.8) is 0 Å². The van der Waals surface area contributed by atoms with Crippen LogP contribution in [-0.4, -0.2) is 32.1 Å². The molecule has 1 aliphatic heterocycles. The molecule has 1 aromatic rings. The number of carbonyl (C=O) groups excluding carboxylic acids is 2. The fourth-order valence-corrected chi connectivity index (χ4v) is 2.11. The van der Waals surface area contributed by atoms with Gasteiger partial charge in [-0.2, -0.15) is 0 Å². The molecule has 5 heteroatoms. The van der Waals surface area contributed by atoms with E-state index in [1.807, 2.05) is 10.8 Å². The van der Waals surface area contributed by atoms with Crippen LogP contribution in [0.2, 0.25) is 0 Å². The molecule has 0 atom stereocenters. The number of halogens is 1. The minimum atomic E-state index is -0.686. The minimum Gasteiger partial charge on any atom is -0.465 e. The number of esters is 1. The molecule has 0 aromatic heterocycles. The van der Waals surface area contributed by atoms with Gasteiger partial charge < -0.3 is 9.64 Å². The van der Waals surface area contributed by atoms with Crippen molar-refractivity contribution in [2.45, 2.75) is 12.8 Å². The molecule has 19 heavy (non-hydrogen) atoms. The van der Waals surface area contributed by atoms with E-state index in [0.717, 1.165) is 5.57 Å². The Morgan fingerprint density at radius 3 is 2.58 bits per heavy atom. The maximum Gasteiger partial charge on any atom is 0.340 e. The van der Waals surface area contributed by atoms with Crippen molar-refractivity contribution < 1.29 is 18.7 Å². The van der Waals surface area contributed by atoms with Crippen molar-refractivity contribution in [3.05, 3.63) is 35.2 Å². The Kier molecular flexibility index (Phi) is 3.97. The topological polar surface area (TPSA) is 46.6 Å². The highest BCUT2D eigenvalue weighted by Gasteiger charge is 2.18. The molecule has 0 aliphatic carbocycles. The maximum atomic E-state index is 13.8. The third-order valence-electron chi connectivity index (χ3n) is 3.23. The van der Waals surface area contributed by atoms with E-state index in [1.165, 1.54) is 19.2 Å². The summed E-state index contributed by atoms with van der Waals surface area (Å²) in [6.07, 6.45) is 1.29. The van der Waals surface area contributed by atoms with Crippen LogP contribution in [0.25, 0.3) is 0 Å². The highest BCUT2D eigenvalue weighted by Crippen LogP contribution is 2.24. The number of benzene rings is 1. The van der Waals surface area contributed by atoms with Crippen molar-refractivity contribution in [3.8, 4) is 0 Å². The van der Waals surface area contributed by atoms with Crippen LogP contribution in [-0.2, 0) is 9.53 Å². The molecule has 0 N–H and O–H groups in total. The van der Waals surface area contributed by atoms with Crippen molar-refractivity contribution in [1.82, 2.24) is 0 Å². The number of ether oxygens (including phenoxy) is 1. The van der Waals surface area contributed by atoms with E-state index in [9.17, 15) is 14.0 Å². The summed E-state index contributed by atoms with van der Waals surface area (Å²) in [7, 11) is 1.22. The third-order valence-corrected chi connectivity index (χ3v) is 3.23. The molecule has 1 heterocycles. The highest BCUT2D eigenvalue weighted by atomic mass is 19.1. The molecule has 4 nitrogen and oxygen atoms in total. The number of anilines is 1. The monoisotopic (exact) mass is 263 g/mol. The van der Waals surface area contributed by atoms with E-state index in [-0.39, 0.29) is 5.56 Å². The Morgan fingerprint density at radius 1 is 1.37 bits per heavy atom. The minimum absolute atomic E-state index is 0.0725. The molecule has 1 fully saturated rings. The lowest BCUT2D eigenvalue weighted by molar-refractivity contribution is 0.0595. The molecule has 0 amide bonds. The van der Waals surface area contributed by atoms with Crippen LogP contribution in [0.3, 0.4) is 0 Å². The Labute approximate surface area is 110 Å². The first-order valence-corrected chi connectivity index (χ1v) is 6.01. The smallest absolute Gasteiger partial charge is 0.340 e. The predicted molar refractivity (Wildman–Crippen MR) is 68.4 cm³/mol. The standard InChI is InChI=1S/C14H14FNO3/c1-19-14(18)12-3-2-11(8-13(12)15)16-6-4-10(9-17)5-7-16/h2-3,8H,4-7H2,1H3. The third kappa shape index (κ3) is 2.83. The van der Waals surface area contributed by atoms with Gasteiger partial charge in [0, 0.05) is 24.4 Å². The number of nitrogens with zero attached hydrogens (tertiary/aromatic N) is 1. The lowest BCUT2D eigenvalue weighted by Gasteiger charge is -2.29. The summed E-state index contributed by atoms with van der Waals surface area (Å²) in [5, 5.41) is 0. The Balaban J connectivity index is 2.17. The van der Waals surface area contributed by atoms with Crippen LogP contribution in [0.4, 0.5) is 10.1 Å². The summed E-state index contributed by atoms with van der Waals surface area (Å²) in [6, 6.07) is 4.43. The fraction of sp³-hybridized carbons (Fsp3) is 0.357. The Morgan fingerprint density at radius 2 is 2.05 bits per heavy atom. The van der Waals surface area contributed by atoms with Crippen molar-refractivity contribution in [2.24, 2.45) is 0 Å². The lowest BCUT2D eigenvalue weighted by atomic mass is 10.0. The SMILES string of the molecule is COC(=O)c1ccc(N2CCC(=C=O)CC2)cc1F. The zero-order chi connectivity index (χ0) is 13.8. The van der Waals surface area contributed by atoms with Gasteiger partial charge in [-0.1, -0.05) is 0 Å². The average Bonchev–Trinajstić information content (AvgIpc) is 2.46. The molecular formula is C14H14FNO3. The van der Waals surface area contributed by atoms with Crippen molar-refractivity contribution in [1.29, 1.82) is 0 Å². The van der Waals surface area contributed by atoms with Gasteiger partial charge in [-0.05, 0) is 31.0 Å². The predicted octanol–water partition coefficient (Wildman–Crippen LogP) is 1.97. The maximum absolute atomic E-state index is 13.8. The quantitative estimate of drug-likeness (QED) is 0.604. The summed E-state index contributed by atoms with van der Waals surface area (Å²) in [5.74, 6) is 0.641. The second-order valence-electron chi connectivity index (χ2n) is 4.35. The van der Waals surface area contributed by atoms with Gasteiger partial charge in [0.15, 0.2) is 0 Å². The van der Waals surface area contributed by atoms with Crippen molar-refractivity contribution in [2.75, 3.05) is 25.1 Å². The highest BCUT2D eigenvalue weighted by molar-refractivity contribution is 5.90. The molecular weight excluding hydrogens is 249 g/mol. The van der Waals surface area contributed by atoms with Crippen LogP contribution in [0.5, 0.6) is 0 Å². The molecule has 0 bridgehead atoms. The second-order valence-corrected chi connectivity index (χ2v) is 4.35. The van der Waals surface area contributed by atoms with Crippen LogP contribution in [0.15, 0.2) is 23.8 Å². The van der Waals surface area contributed by atoms with Crippen LogP contribution >= 0.6 is 0 Å². The summed E-state index contributed by atoms with van der Waals surface area (Å²) in [6.45, 7) is 1.31. The lowest BCUT2D eigenvalue weighted by Crippen LogP contribution is -2.30. The molecule has 0 radical (unpaired) electrons. The van der Waals surface area contributed by atoms with Crippen LogP contribution < -0.4 is 4.90 Å². The van der Waals surface area contributed by atoms with E-state index in [1.54, 1.807) is 6.07 Å². The normalized spacial score (nSPS) is 15.1. The number of methoxy groups -OCH3 is 1. The zero-order valence-corrected chi connectivity index (χ0v) is 10.6. The van der Waals surface area contributed by atoms with Crippen molar-refractivity contribution >= 4 is 17.6 Å². The van der Waals surface area contributed by atoms with Gasteiger partial charge in [-0.25, -0.2) is 14.0 Å². The molecule has 0 unspecified atom stereocenters. The number of hydrogen-bond donors (Lipinski definition) is 0. The molecule has 100 valence electrons. The summed E-state index contributed by atoms with van der Waals surface area (Å²) in [4.78, 5) is 23.8. The van der Waals surface area contributed by atoms with E-state index >= 15 is 0 Å². The van der Waals surface area contributed by atoms with E-state index in [0.29, 0.717) is 31.6 Å². The van der Waals surface area contributed by atoms with Crippen LogP contribution in [0.1, 0.15) is 23.2 Å². The number of rotatable bonds is 2. The van der Waals surface area contributed by atoms with Gasteiger partial charge >= 0.3 is 5.97 Å². The molecule has 0 saturated carbocycles. The fourth-order valence-electron chi connectivity index (χ4n) is 2.11. The Bertz CT molecular complexity index is 540. The van der Waals surface area contributed by atoms with E-state index in [4.69, 9.17) is 0 Å². The molecule has 1 aliphatic rings. The number of hydrogen-bond acceptors (Lipinski definition) is 4. The molecule has 1 saturated heterocycles. The first kappa shape index (κ1) is 13.3. The summed E-state index contributed by atoms with van der Waals surface area (Å²) in [5.41, 5.74) is 1.40. The van der Waals surface area contributed by atoms with Crippen LogP contribution in [0, 0.1) is 5.82 Å². The summed E-state index contributed by atoms with van der Waals surface area (Å²) >= 11 is 0. The van der Waals surface area contributed by atoms with E-state index < -0.39 is 11.8 Å². The van der Waals surface area contributed by atoms with Gasteiger partial charge in [-0.15, -0.1) is 0 Å². The molecule has 1 aromatic carbocycles. The van der Waals surface area contributed by atoms with Gasteiger partial charge in [0.05, 0.1) is 12.7 Å². The Hall–Kier alpha value is -2.13. The molecule has 2 rings (SSSR count). The largest absolute Gasteiger partial charge is 0.465 e. The van der Waals surface area contributed by atoms with Gasteiger partial charge in [0.1, 0.15) is 11.8 Å². The number of piperidine rings is 1. The van der Waals surface area contributed by atoms with E-state index in [2.05, 4.69) is 4.74 Å². The summed E-state index contributed by atoms with van der Waals surface area (Å²) < 4.78 is 18.3.